The van der Waals surface area contributed by atoms with E-state index in [9.17, 15) is 0 Å². The van der Waals surface area contributed by atoms with Crippen molar-refractivity contribution in [2.45, 2.75) is 13.8 Å². The van der Waals surface area contributed by atoms with Gasteiger partial charge in [0.1, 0.15) is 5.75 Å². The predicted molar refractivity (Wildman–Crippen MR) is 120 cm³/mol. The Morgan fingerprint density at radius 1 is 0.839 bits per heavy atom. The lowest BCUT2D eigenvalue weighted by Crippen LogP contribution is -2.01. The molecule has 0 amide bonds. The first-order valence-corrected chi connectivity index (χ1v) is 9.87. The maximum Gasteiger partial charge on any atom is 0.228 e. The zero-order chi connectivity index (χ0) is 21.4. The molecule has 0 unspecified atom stereocenters. The van der Waals surface area contributed by atoms with Crippen molar-refractivity contribution in [2.75, 3.05) is 5.73 Å². The molecule has 0 fully saturated rings. The van der Waals surface area contributed by atoms with Gasteiger partial charge in [-0.25, -0.2) is 19.6 Å². The first-order valence-electron chi connectivity index (χ1n) is 9.87. The molecule has 3 aromatic heterocycles. The molecule has 0 saturated carbocycles. The maximum absolute atomic E-state index is 6.41. The van der Waals surface area contributed by atoms with Gasteiger partial charge in [0.2, 0.25) is 11.8 Å². The van der Waals surface area contributed by atoms with Crippen LogP contribution in [-0.4, -0.2) is 24.7 Å². The molecule has 0 atom stereocenters. The van der Waals surface area contributed by atoms with Crippen molar-refractivity contribution in [1.82, 2.24) is 24.7 Å². The third kappa shape index (κ3) is 3.36. The third-order valence-electron chi connectivity index (χ3n) is 5.17. The van der Waals surface area contributed by atoms with Crippen molar-refractivity contribution in [3.8, 4) is 28.6 Å². The quantitative estimate of drug-likeness (QED) is 0.456. The van der Waals surface area contributed by atoms with Gasteiger partial charge in [0.05, 0.1) is 16.9 Å². The van der Waals surface area contributed by atoms with E-state index in [0.29, 0.717) is 11.6 Å². The van der Waals surface area contributed by atoms with Crippen molar-refractivity contribution >= 4 is 16.7 Å². The van der Waals surface area contributed by atoms with Crippen LogP contribution in [0, 0.1) is 13.8 Å². The van der Waals surface area contributed by atoms with Crippen LogP contribution in [0.15, 0.2) is 73.2 Å². The highest BCUT2D eigenvalue weighted by molar-refractivity contribution is 5.95. The number of ether oxygens (including phenoxy) is 1. The number of nitrogens with two attached hydrogens (primary N) is 1. The highest BCUT2D eigenvalue weighted by Gasteiger charge is 2.16. The fourth-order valence-electron chi connectivity index (χ4n) is 3.65. The van der Waals surface area contributed by atoms with E-state index in [2.05, 4.69) is 32.2 Å². The summed E-state index contributed by atoms with van der Waals surface area (Å²) in [5.41, 5.74) is 10.2. The van der Waals surface area contributed by atoms with E-state index in [1.54, 1.807) is 24.7 Å². The van der Waals surface area contributed by atoms with E-state index in [4.69, 9.17) is 10.5 Å². The summed E-state index contributed by atoms with van der Waals surface area (Å²) in [6, 6.07) is 17.8. The summed E-state index contributed by atoms with van der Waals surface area (Å²) in [7, 11) is 0. The molecule has 0 aliphatic heterocycles. The van der Waals surface area contributed by atoms with Crippen LogP contribution in [0.1, 0.15) is 11.3 Å². The van der Waals surface area contributed by atoms with Gasteiger partial charge >= 0.3 is 0 Å². The summed E-state index contributed by atoms with van der Waals surface area (Å²) in [6.07, 6.45) is 5.12. The molecular weight excluding hydrogens is 388 g/mol. The second kappa shape index (κ2) is 7.53. The van der Waals surface area contributed by atoms with Crippen LogP contribution in [0.4, 0.5) is 5.95 Å². The molecule has 31 heavy (non-hydrogen) atoms. The normalized spacial score (nSPS) is 11.0. The standard InChI is InChI=1S/C24H20N6O/c1-15-8-9-17-18(5-3-7-21(17)30-16(2)10-14-28-30)22(15)31-23-19(6-4-12-26-23)20-11-13-27-24(25)29-20/h3-14H,1-2H3,(H2,25,27,29). The van der Waals surface area contributed by atoms with Crippen molar-refractivity contribution < 1.29 is 4.74 Å². The summed E-state index contributed by atoms with van der Waals surface area (Å²) < 4.78 is 8.34. The minimum absolute atomic E-state index is 0.202. The molecule has 0 bridgehead atoms. The van der Waals surface area contributed by atoms with Gasteiger partial charge in [0, 0.05) is 35.1 Å². The molecule has 0 radical (unpaired) electrons. The van der Waals surface area contributed by atoms with Gasteiger partial charge in [-0.15, -0.1) is 0 Å². The third-order valence-corrected chi connectivity index (χ3v) is 5.17. The van der Waals surface area contributed by atoms with Crippen LogP contribution in [0.3, 0.4) is 0 Å². The minimum atomic E-state index is 0.202. The molecule has 7 heteroatoms. The summed E-state index contributed by atoms with van der Waals surface area (Å²) in [5.74, 6) is 1.40. The molecule has 3 heterocycles. The molecule has 2 N–H and O–H groups in total. The van der Waals surface area contributed by atoms with Crippen LogP contribution in [0.25, 0.3) is 27.7 Å². The fourth-order valence-corrected chi connectivity index (χ4v) is 3.65. The fraction of sp³-hybridized carbons (Fsp3) is 0.0833. The van der Waals surface area contributed by atoms with E-state index in [-0.39, 0.29) is 5.95 Å². The molecule has 7 nitrogen and oxygen atoms in total. The number of benzene rings is 2. The number of hydrogen-bond acceptors (Lipinski definition) is 6. The molecule has 0 spiro atoms. The molecule has 0 saturated heterocycles. The Balaban J connectivity index is 1.66. The highest BCUT2D eigenvalue weighted by Crippen LogP contribution is 2.38. The SMILES string of the molecule is Cc1ccc2c(-n3nccc3C)cccc2c1Oc1ncccc1-c1ccnc(N)n1. The lowest BCUT2D eigenvalue weighted by molar-refractivity contribution is 0.466. The van der Waals surface area contributed by atoms with Gasteiger partial charge in [-0.1, -0.05) is 24.3 Å². The van der Waals surface area contributed by atoms with Crippen molar-refractivity contribution in [2.24, 2.45) is 0 Å². The Labute approximate surface area is 179 Å². The highest BCUT2D eigenvalue weighted by atomic mass is 16.5. The van der Waals surface area contributed by atoms with Crippen molar-refractivity contribution in [3.63, 3.8) is 0 Å². The van der Waals surface area contributed by atoms with Crippen LogP contribution >= 0.6 is 0 Å². The van der Waals surface area contributed by atoms with Gasteiger partial charge in [0.15, 0.2) is 0 Å². The van der Waals surface area contributed by atoms with Gasteiger partial charge in [-0.05, 0) is 49.7 Å². The number of pyridine rings is 1. The lowest BCUT2D eigenvalue weighted by Gasteiger charge is -2.16. The summed E-state index contributed by atoms with van der Waals surface area (Å²) in [5, 5.41) is 6.49. The van der Waals surface area contributed by atoms with E-state index >= 15 is 0 Å². The number of nitrogens with zero attached hydrogens (tertiary/aromatic N) is 5. The largest absolute Gasteiger partial charge is 0.437 e. The van der Waals surface area contributed by atoms with Crippen LogP contribution in [-0.2, 0) is 0 Å². The van der Waals surface area contributed by atoms with E-state index < -0.39 is 0 Å². The first kappa shape index (κ1) is 18.7. The predicted octanol–water partition coefficient (Wildman–Crippen LogP) is 4.87. The molecule has 152 valence electrons. The average molecular weight is 408 g/mol. The zero-order valence-corrected chi connectivity index (χ0v) is 17.1. The van der Waals surface area contributed by atoms with Gasteiger partial charge in [0.25, 0.3) is 0 Å². The number of rotatable bonds is 4. The van der Waals surface area contributed by atoms with E-state index in [1.165, 1.54) is 0 Å². The summed E-state index contributed by atoms with van der Waals surface area (Å²) >= 11 is 0. The van der Waals surface area contributed by atoms with Crippen molar-refractivity contribution in [3.05, 3.63) is 84.4 Å². The molecule has 0 aliphatic carbocycles. The Hall–Kier alpha value is -4.26. The number of fused-ring (bicyclic) bond motifs is 1. The monoisotopic (exact) mass is 408 g/mol. The summed E-state index contributed by atoms with van der Waals surface area (Å²) in [4.78, 5) is 12.8. The summed E-state index contributed by atoms with van der Waals surface area (Å²) in [6.45, 7) is 4.05. The van der Waals surface area contributed by atoms with Crippen LogP contribution in [0.2, 0.25) is 0 Å². The topological polar surface area (TPSA) is 91.7 Å². The van der Waals surface area contributed by atoms with Gasteiger partial charge < -0.3 is 10.5 Å². The minimum Gasteiger partial charge on any atom is -0.437 e. The number of anilines is 1. The molecule has 5 aromatic rings. The van der Waals surface area contributed by atoms with Crippen LogP contribution < -0.4 is 10.5 Å². The Morgan fingerprint density at radius 3 is 2.55 bits per heavy atom. The molecule has 0 aliphatic rings. The molecular formula is C24H20N6O. The average Bonchev–Trinajstić information content (AvgIpc) is 3.21. The van der Waals surface area contributed by atoms with E-state index in [0.717, 1.165) is 39.0 Å². The molecule has 5 rings (SSSR count). The number of nitrogen functional groups attached to an aromatic ring is 1. The molecule has 2 aromatic carbocycles. The van der Waals surface area contributed by atoms with Crippen molar-refractivity contribution in [1.29, 1.82) is 0 Å². The number of aromatic nitrogens is 5. The van der Waals surface area contributed by atoms with E-state index in [1.807, 2.05) is 54.9 Å². The smallest absolute Gasteiger partial charge is 0.228 e. The second-order valence-corrected chi connectivity index (χ2v) is 7.23. The Kier molecular flexibility index (Phi) is 4.55. The second-order valence-electron chi connectivity index (χ2n) is 7.23. The van der Waals surface area contributed by atoms with Gasteiger partial charge in [-0.3, -0.25) is 0 Å². The maximum atomic E-state index is 6.41. The van der Waals surface area contributed by atoms with Gasteiger partial charge in [-0.2, -0.15) is 5.10 Å². The van der Waals surface area contributed by atoms with Crippen LogP contribution in [0.5, 0.6) is 11.6 Å². The Morgan fingerprint density at radius 2 is 1.74 bits per heavy atom. The number of hydrogen-bond donors (Lipinski definition) is 1. The Bertz CT molecular complexity index is 1410. The number of aryl methyl sites for hydroxylation is 2. The first-order chi connectivity index (χ1) is 15.1. The zero-order valence-electron chi connectivity index (χ0n) is 17.1. The lowest BCUT2D eigenvalue weighted by atomic mass is 10.0.